The predicted molar refractivity (Wildman–Crippen MR) is 119 cm³/mol. The summed E-state index contributed by atoms with van der Waals surface area (Å²) in [6, 6.07) is 8.54. The van der Waals surface area contributed by atoms with Crippen molar-refractivity contribution in [2.45, 2.75) is 38.8 Å². The van der Waals surface area contributed by atoms with Gasteiger partial charge in [0, 0.05) is 58.0 Å². The molecule has 168 valence electrons. The summed E-state index contributed by atoms with van der Waals surface area (Å²) in [5, 5.41) is 0. The summed E-state index contributed by atoms with van der Waals surface area (Å²) in [5.74, 6) is 1.21. The Morgan fingerprint density at radius 1 is 1.29 bits per heavy atom. The Kier molecular flexibility index (Phi) is 6.34. The average Bonchev–Trinajstić information content (AvgIpc) is 3.46. The van der Waals surface area contributed by atoms with Crippen LogP contribution in [0.25, 0.3) is 0 Å². The Morgan fingerprint density at radius 3 is 2.84 bits per heavy atom. The van der Waals surface area contributed by atoms with E-state index in [1.807, 2.05) is 23.4 Å². The molecule has 31 heavy (non-hydrogen) atoms. The molecule has 4 rings (SSSR count). The number of likely N-dealkylation sites (tertiary alicyclic amines) is 2. The number of rotatable bonds is 8. The van der Waals surface area contributed by atoms with Crippen molar-refractivity contribution in [3.8, 4) is 5.75 Å². The van der Waals surface area contributed by atoms with Crippen molar-refractivity contribution in [1.82, 2.24) is 19.4 Å². The van der Waals surface area contributed by atoms with Crippen molar-refractivity contribution >= 4 is 5.91 Å². The van der Waals surface area contributed by atoms with Crippen molar-refractivity contribution in [2.75, 3.05) is 47.0 Å². The molecular weight excluding hydrogens is 392 g/mol. The molecule has 0 radical (unpaired) electrons. The topological polar surface area (TPSA) is 59.8 Å². The number of benzene rings is 1. The van der Waals surface area contributed by atoms with E-state index in [0.717, 1.165) is 44.0 Å². The number of carbonyl (C=O) groups is 1. The van der Waals surface area contributed by atoms with E-state index in [9.17, 15) is 4.79 Å². The van der Waals surface area contributed by atoms with Crippen LogP contribution in [0.4, 0.5) is 0 Å². The minimum atomic E-state index is -0.414. The fraction of sp³-hybridized carbons (Fsp3) is 0.583. The van der Waals surface area contributed by atoms with Gasteiger partial charge in [-0.25, -0.2) is 4.98 Å². The van der Waals surface area contributed by atoms with Crippen LogP contribution in [0.2, 0.25) is 0 Å². The first-order chi connectivity index (χ1) is 15.0. The number of methoxy groups -OCH3 is 2. The zero-order valence-corrected chi connectivity index (χ0v) is 19.1. The summed E-state index contributed by atoms with van der Waals surface area (Å²) in [5.41, 5.74) is 1.82. The lowest BCUT2D eigenvalue weighted by Gasteiger charge is -2.28. The van der Waals surface area contributed by atoms with Gasteiger partial charge in [0.15, 0.2) is 0 Å². The molecule has 3 heterocycles. The summed E-state index contributed by atoms with van der Waals surface area (Å²) in [4.78, 5) is 22.8. The third-order valence-electron chi connectivity index (χ3n) is 6.83. The fourth-order valence-corrected chi connectivity index (χ4v) is 5.09. The average molecular weight is 427 g/mol. The lowest BCUT2D eigenvalue weighted by atomic mass is 9.75. The highest BCUT2D eigenvalue weighted by atomic mass is 16.5. The molecule has 2 atom stereocenters. The molecule has 7 heteroatoms. The van der Waals surface area contributed by atoms with Crippen molar-refractivity contribution in [3.05, 3.63) is 48.0 Å². The Labute approximate surface area is 184 Å². The van der Waals surface area contributed by atoms with Gasteiger partial charge in [-0.2, -0.15) is 0 Å². The van der Waals surface area contributed by atoms with Gasteiger partial charge >= 0.3 is 0 Å². The standard InChI is InChI=1S/C24H34N4O3/c1-18(2)28-15-22(25-17-28)21-14-26(13-19-6-5-7-20(12-19)31-4)16-24(21)8-9-27(23(24)29)10-11-30-3/h5-7,12,15,17-18,21H,8-11,13-14,16H2,1-4H3. The maximum atomic E-state index is 13.6. The van der Waals surface area contributed by atoms with Crippen LogP contribution in [0.3, 0.4) is 0 Å². The van der Waals surface area contributed by atoms with Crippen LogP contribution in [-0.4, -0.2) is 72.3 Å². The number of nitrogens with zero attached hydrogens (tertiary/aromatic N) is 4. The molecule has 0 bridgehead atoms. The molecule has 1 spiro atoms. The van der Waals surface area contributed by atoms with E-state index < -0.39 is 5.41 Å². The molecule has 0 saturated carbocycles. The summed E-state index contributed by atoms with van der Waals surface area (Å²) < 4.78 is 12.8. The van der Waals surface area contributed by atoms with E-state index in [2.05, 4.69) is 41.6 Å². The van der Waals surface area contributed by atoms with Gasteiger partial charge in [0.1, 0.15) is 5.75 Å². The second kappa shape index (κ2) is 9.01. The lowest BCUT2D eigenvalue weighted by molar-refractivity contribution is -0.136. The highest BCUT2D eigenvalue weighted by Crippen LogP contribution is 2.49. The monoisotopic (exact) mass is 426 g/mol. The third kappa shape index (κ3) is 4.21. The first-order valence-corrected chi connectivity index (χ1v) is 11.1. The maximum absolute atomic E-state index is 13.6. The third-order valence-corrected chi connectivity index (χ3v) is 6.83. The normalized spacial score (nSPS) is 24.1. The van der Waals surface area contributed by atoms with E-state index in [0.29, 0.717) is 19.2 Å². The fourth-order valence-electron chi connectivity index (χ4n) is 5.09. The Morgan fingerprint density at radius 2 is 2.13 bits per heavy atom. The van der Waals surface area contributed by atoms with Crippen LogP contribution in [0.5, 0.6) is 5.75 Å². The molecule has 2 fully saturated rings. The molecule has 1 aromatic heterocycles. The molecule has 2 aromatic rings. The highest BCUT2D eigenvalue weighted by molar-refractivity contribution is 5.86. The molecular formula is C24H34N4O3. The van der Waals surface area contributed by atoms with E-state index >= 15 is 0 Å². The SMILES string of the molecule is COCCN1CCC2(CN(Cc3cccc(OC)c3)CC2c2cn(C(C)C)cn2)C1=O. The molecule has 7 nitrogen and oxygen atoms in total. The predicted octanol–water partition coefficient (Wildman–Crippen LogP) is 2.94. The van der Waals surface area contributed by atoms with Crippen LogP contribution >= 0.6 is 0 Å². The lowest BCUT2D eigenvalue weighted by Crippen LogP contribution is -2.40. The second-order valence-electron chi connectivity index (χ2n) is 9.10. The van der Waals surface area contributed by atoms with E-state index in [1.54, 1.807) is 14.2 Å². The van der Waals surface area contributed by atoms with Gasteiger partial charge in [-0.15, -0.1) is 0 Å². The van der Waals surface area contributed by atoms with Gasteiger partial charge in [-0.05, 0) is 38.0 Å². The van der Waals surface area contributed by atoms with Crippen LogP contribution in [0, 0.1) is 5.41 Å². The number of carbonyl (C=O) groups excluding carboxylic acids is 1. The van der Waals surface area contributed by atoms with Crippen molar-refractivity contribution in [2.24, 2.45) is 5.41 Å². The Bertz CT molecular complexity index is 912. The molecule has 0 aliphatic carbocycles. The zero-order valence-electron chi connectivity index (χ0n) is 19.1. The minimum absolute atomic E-state index is 0.0955. The Balaban J connectivity index is 1.61. The quantitative estimate of drug-likeness (QED) is 0.650. The van der Waals surface area contributed by atoms with Crippen molar-refractivity contribution < 1.29 is 14.3 Å². The smallest absolute Gasteiger partial charge is 0.230 e. The van der Waals surface area contributed by atoms with E-state index in [1.165, 1.54) is 5.56 Å². The molecule has 1 aromatic carbocycles. The number of ether oxygens (including phenoxy) is 2. The summed E-state index contributed by atoms with van der Waals surface area (Å²) in [6.07, 6.45) is 4.90. The van der Waals surface area contributed by atoms with Crippen LogP contribution in [0.1, 0.15) is 43.5 Å². The highest BCUT2D eigenvalue weighted by Gasteiger charge is 2.57. The number of aromatic nitrogens is 2. The van der Waals surface area contributed by atoms with Gasteiger partial charge in [0.05, 0.1) is 31.2 Å². The molecule has 0 N–H and O–H groups in total. The maximum Gasteiger partial charge on any atom is 0.230 e. The van der Waals surface area contributed by atoms with Crippen molar-refractivity contribution in [1.29, 1.82) is 0 Å². The summed E-state index contributed by atoms with van der Waals surface area (Å²) in [7, 11) is 3.37. The Hall–Kier alpha value is -2.38. The van der Waals surface area contributed by atoms with Crippen LogP contribution in [-0.2, 0) is 16.1 Å². The number of amides is 1. The zero-order chi connectivity index (χ0) is 22.0. The number of imidazole rings is 1. The van der Waals surface area contributed by atoms with E-state index in [-0.39, 0.29) is 11.8 Å². The molecule has 2 unspecified atom stereocenters. The number of hydrogen-bond acceptors (Lipinski definition) is 5. The number of hydrogen-bond donors (Lipinski definition) is 0. The van der Waals surface area contributed by atoms with Gasteiger partial charge in [-0.1, -0.05) is 12.1 Å². The van der Waals surface area contributed by atoms with Crippen molar-refractivity contribution in [3.63, 3.8) is 0 Å². The van der Waals surface area contributed by atoms with Crippen LogP contribution < -0.4 is 4.74 Å². The van der Waals surface area contributed by atoms with Crippen LogP contribution in [0.15, 0.2) is 36.8 Å². The minimum Gasteiger partial charge on any atom is -0.497 e. The van der Waals surface area contributed by atoms with Gasteiger partial charge in [0.25, 0.3) is 0 Å². The summed E-state index contributed by atoms with van der Waals surface area (Å²) >= 11 is 0. The van der Waals surface area contributed by atoms with Gasteiger partial charge in [-0.3, -0.25) is 9.69 Å². The first-order valence-electron chi connectivity index (χ1n) is 11.1. The molecule has 2 aliphatic rings. The second-order valence-corrected chi connectivity index (χ2v) is 9.10. The summed E-state index contributed by atoms with van der Waals surface area (Å²) in [6.45, 7) is 8.70. The molecule has 1 amide bonds. The van der Waals surface area contributed by atoms with Gasteiger partial charge < -0.3 is 18.9 Å². The van der Waals surface area contributed by atoms with E-state index in [4.69, 9.17) is 14.5 Å². The molecule has 2 aliphatic heterocycles. The molecule has 2 saturated heterocycles. The largest absolute Gasteiger partial charge is 0.497 e. The van der Waals surface area contributed by atoms with Gasteiger partial charge in [0.2, 0.25) is 5.91 Å². The first kappa shape index (κ1) is 21.8.